The summed E-state index contributed by atoms with van der Waals surface area (Å²) in [5.74, 6) is 2.82. The summed E-state index contributed by atoms with van der Waals surface area (Å²) < 4.78 is 2.74. The van der Waals surface area contributed by atoms with Gasteiger partial charge in [-0.2, -0.15) is 5.10 Å². The van der Waals surface area contributed by atoms with E-state index in [-0.39, 0.29) is 11.8 Å². The van der Waals surface area contributed by atoms with Gasteiger partial charge in [-0.05, 0) is 43.3 Å². The van der Waals surface area contributed by atoms with Gasteiger partial charge in [0.1, 0.15) is 0 Å². The molecule has 3 aliphatic carbocycles. The molecule has 5 nitrogen and oxygen atoms in total. The number of hydrogen-bond donors (Lipinski definition) is 2. The largest absolute Gasteiger partial charge is 0.349 e. The van der Waals surface area contributed by atoms with Gasteiger partial charge in [0.15, 0.2) is 10.6 Å². The van der Waals surface area contributed by atoms with Gasteiger partial charge in [0.05, 0.1) is 6.54 Å². The Hall–Kier alpha value is -1.17. The van der Waals surface area contributed by atoms with Gasteiger partial charge in [0.2, 0.25) is 5.91 Å². The van der Waals surface area contributed by atoms with Crippen molar-refractivity contribution in [2.75, 3.05) is 0 Å². The second kappa shape index (κ2) is 4.69. The quantitative estimate of drug-likeness (QED) is 0.819. The van der Waals surface area contributed by atoms with E-state index in [1.165, 1.54) is 32.1 Å². The Morgan fingerprint density at radius 3 is 2.85 bits per heavy atom. The van der Waals surface area contributed by atoms with Crippen LogP contribution in [-0.4, -0.2) is 20.7 Å². The molecule has 3 saturated carbocycles. The highest BCUT2D eigenvalue weighted by Gasteiger charge is 2.48. The van der Waals surface area contributed by atoms with Crippen molar-refractivity contribution < 1.29 is 4.79 Å². The maximum Gasteiger partial charge on any atom is 0.223 e. The number of carbonyl (C=O) groups excluding carboxylic acids is 1. The van der Waals surface area contributed by atoms with Crippen molar-refractivity contribution in [1.82, 2.24) is 20.1 Å². The maximum absolute atomic E-state index is 12.2. The van der Waals surface area contributed by atoms with Crippen LogP contribution in [0.4, 0.5) is 0 Å². The summed E-state index contributed by atoms with van der Waals surface area (Å²) >= 11 is 5.24. The highest BCUT2D eigenvalue weighted by Crippen LogP contribution is 2.51. The van der Waals surface area contributed by atoms with Gasteiger partial charge in [0.25, 0.3) is 0 Å². The summed E-state index contributed by atoms with van der Waals surface area (Å²) in [5.41, 5.74) is 0. The van der Waals surface area contributed by atoms with Gasteiger partial charge in [-0.15, -0.1) is 0 Å². The van der Waals surface area contributed by atoms with Crippen LogP contribution < -0.4 is 5.32 Å². The summed E-state index contributed by atoms with van der Waals surface area (Å²) in [4.78, 5) is 12.2. The lowest BCUT2D eigenvalue weighted by Gasteiger charge is -2.25. The number of amides is 1. The topological polar surface area (TPSA) is 62.7 Å². The molecular weight excluding hydrogens is 272 g/mol. The van der Waals surface area contributed by atoms with E-state index in [0.29, 0.717) is 23.3 Å². The van der Waals surface area contributed by atoms with Gasteiger partial charge in [-0.1, -0.05) is 19.3 Å². The van der Waals surface area contributed by atoms with Crippen LogP contribution in [0.3, 0.4) is 0 Å². The van der Waals surface area contributed by atoms with Crippen molar-refractivity contribution >= 4 is 18.1 Å². The molecule has 3 aliphatic rings. The van der Waals surface area contributed by atoms with Crippen molar-refractivity contribution in [2.45, 2.75) is 51.1 Å². The molecule has 6 heteroatoms. The zero-order valence-electron chi connectivity index (χ0n) is 11.5. The van der Waals surface area contributed by atoms with Crippen LogP contribution in [0.1, 0.15) is 50.4 Å². The van der Waals surface area contributed by atoms with E-state index in [2.05, 4.69) is 20.1 Å². The normalized spacial score (nSPS) is 29.0. The van der Waals surface area contributed by atoms with Crippen LogP contribution in [0, 0.1) is 22.5 Å². The molecule has 0 aliphatic heterocycles. The highest BCUT2D eigenvalue weighted by molar-refractivity contribution is 7.71. The third-order valence-electron chi connectivity index (χ3n) is 5.04. The molecule has 1 amide bonds. The number of nitrogens with zero attached hydrogens (tertiary/aromatic N) is 2. The van der Waals surface area contributed by atoms with Crippen LogP contribution >= 0.6 is 12.2 Å². The Kier molecular flexibility index (Phi) is 2.94. The van der Waals surface area contributed by atoms with E-state index in [1.807, 2.05) is 0 Å². The fraction of sp³-hybridized carbons (Fsp3) is 0.786. The molecule has 2 N–H and O–H groups in total. The van der Waals surface area contributed by atoms with E-state index >= 15 is 0 Å². The number of H-pyrrole nitrogens is 1. The SMILES string of the molecule is O=C(NCc1n[nH]c(=S)n1C1CC1)[C@@H]1C[C@H]1C1CCC1. The van der Waals surface area contributed by atoms with Crippen molar-refractivity contribution in [2.24, 2.45) is 17.8 Å². The first-order valence-electron chi connectivity index (χ1n) is 7.67. The van der Waals surface area contributed by atoms with E-state index in [9.17, 15) is 4.79 Å². The van der Waals surface area contributed by atoms with E-state index < -0.39 is 0 Å². The molecule has 0 saturated heterocycles. The smallest absolute Gasteiger partial charge is 0.223 e. The Morgan fingerprint density at radius 1 is 1.40 bits per heavy atom. The molecule has 4 rings (SSSR count). The van der Waals surface area contributed by atoms with Crippen LogP contribution in [-0.2, 0) is 11.3 Å². The van der Waals surface area contributed by atoms with Gasteiger partial charge < -0.3 is 5.32 Å². The minimum absolute atomic E-state index is 0.207. The summed E-state index contributed by atoms with van der Waals surface area (Å²) in [6, 6.07) is 0.497. The number of hydrogen-bond acceptors (Lipinski definition) is 3. The van der Waals surface area contributed by atoms with Crippen molar-refractivity contribution in [3.8, 4) is 0 Å². The molecule has 0 aromatic carbocycles. The maximum atomic E-state index is 12.2. The fourth-order valence-electron chi connectivity index (χ4n) is 3.37. The minimum Gasteiger partial charge on any atom is -0.349 e. The zero-order valence-corrected chi connectivity index (χ0v) is 12.3. The lowest BCUT2D eigenvalue weighted by Crippen LogP contribution is -2.28. The summed E-state index contributed by atoms with van der Waals surface area (Å²) in [7, 11) is 0. The molecule has 0 bridgehead atoms. The second-order valence-corrected chi connectivity index (χ2v) is 6.85. The van der Waals surface area contributed by atoms with Gasteiger partial charge in [-0.3, -0.25) is 14.5 Å². The van der Waals surface area contributed by atoms with Gasteiger partial charge in [-0.25, -0.2) is 0 Å². The molecule has 0 unspecified atom stereocenters. The van der Waals surface area contributed by atoms with Crippen molar-refractivity contribution in [3.05, 3.63) is 10.6 Å². The Labute approximate surface area is 123 Å². The Bertz CT molecular complexity index is 584. The second-order valence-electron chi connectivity index (χ2n) is 6.46. The molecule has 2 atom stereocenters. The van der Waals surface area contributed by atoms with Crippen LogP contribution in [0.2, 0.25) is 0 Å². The molecule has 1 heterocycles. The van der Waals surface area contributed by atoms with Crippen molar-refractivity contribution in [1.29, 1.82) is 0 Å². The monoisotopic (exact) mass is 292 g/mol. The molecule has 20 heavy (non-hydrogen) atoms. The summed E-state index contributed by atoms with van der Waals surface area (Å²) in [5, 5.41) is 10.1. The lowest BCUT2D eigenvalue weighted by molar-refractivity contribution is -0.123. The minimum atomic E-state index is 0.207. The molecular formula is C14H20N4OS. The number of aromatic amines is 1. The highest BCUT2D eigenvalue weighted by atomic mass is 32.1. The first-order chi connectivity index (χ1) is 9.74. The Morgan fingerprint density at radius 2 is 2.20 bits per heavy atom. The van der Waals surface area contributed by atoms with E-state index in [1.54, 1.807) is 0 Å². The van der Waals surface area contributed by atoms with Crippen LogP contribution in [0.5, 0.6) is 0 Å². The van der Waals surface area contributed by atoms with Gasteiger partial charge in [0, 0.05) is 12.0 Å². The molecule has 1 aromatic rings. The first kappa shape index (κ1) is 12.6. The molecule has 1 aromatic heterocycles. The first-order valence-corrected chi connectivity index (χ1v) is 8.08. The fourth-order valence-corrected chi connectivity index (χ4v) is 3.67. The Balaban J connectivity index is 1.34. The third-order valence-corrected chi connectivity index (χ3v) is 5.33. The predicted octanol–water partition coefficient (Wildman–Crippen LogP) is 2.33. The number of rotatable bonds is 5. The molecule has 0 radical (unpaired) electrons. The summed E-state index contributed by atoms with van der Waals surface area (Å²) in [6.45, 7) is 0.496. The van der Waals surface area contributed by atoms with E-state index in [0.717, 1.165) is 18.2 Å². The number of nitrogens with one attached hydrogen (secondary N) is 2. The standard InChI is InChI=1S/C14H20N4OS/c19-13(11-6-10(11)8-2-1-3-8)15-7-12-16-17-14(20)18(12)9-4-5-9/h8-11H,1-7H2,(H,15,19)(H,17,20)/t10-,11+/m0/s1. The molecule has 0 spiro atoms. The van der Waals surface area contributed by atoms with Crippen LogP contribution in [0.25, 0.3) is 0 Å². The van der Waals surface area contributed by atoms with Crippen LogP contribution in [0.15, 0.2) is 0 Å². The van der Waals surface area contributed by atoms with Gasteiger partial charge >= 0.3 is 0 Å². The van der Waals surface area contributed by atoms with E-state index in [4.69, 9.17) is 12.2 Å². The zero-order chi connectivity index (χ0) is 13.7. The average molecular weight is 292 g/mol. The predicted molar refractivity (Wildman–Crippen MR) is 76.5 cm³/mol. The molecule has 3 fully saturated rings. The average Bonchev–Trinajstić information content (AvgIpc) is 3.26. The number of aromatic nitrogens is 3. The molecule has 108 valence electrons. The lowest BCUT2D eigenvalue weighted by atomic mass is 9.81. The van der Waals surface area contributed by atoms with Crippen molar-refractivity contribution in [3.63, 3.8) is 0 Å². The third kappa shape index (κ3) is 2.20. The summed E-state index contributed by atoms with van der Waals surface area (Å²) in [6.07, 6.45) is 7.43. The number of carbonyl (C=O) groups is 1.